The molecule has 0 saturated heterocycles. The standard InChI is InChI=1S/C9H10N2OS/c10-9-11-7(6-13-9)3-4-8-2-1-5-12-8/h1-2,5-6H,3-4H2,(H2,10,11). The molecule has 0 aliphatic rings. The highest BCUT2D eigenvalue weighted by molar-refractivity contribution is 7.13. The van der Waals surface area contributed by atoms with E-state index in [1.165, 1.54) is 11.3 Å². The molecule has 0 radical (unpaired) electrons. The van der Waals surface area contributed by atoms with E-state index in [9.17, 15) is 0 Å². The number of aromatic nitrogens is 1. The van der Waals surface area contributed by atoms with E-state index in [1.807, 2.05) is 17.5 Å². The van der Waals surface area contributed by atoms with E-state index < -0.39 is 0 Å². The third-order valence-corrected chi connectivity index (χ3v) is 2.50. The predicted molar refractivity (Wildman–Crippen MR) is 52.6 cm³/mol. The summed E-state index contributed by atoms with van der Waals surface area (Å²) in [4.78, 5) is 4.16. The Morgan fingerprint density at radius 3 is 3.00 bits per heavy atom. The lowest BCUT2D eigenvalue weighted by Gasteiger charge is -1.92. The van der Waals surface area contributed by atoms with Crippen molar-refractivity contribution in [3.8, 4) is 0 Å². The maximum Gasteiger partial charge on any atom is 0.180 e. The van der Waals surface area contributed by atoms with Crippen LogP contribution in [0, 0.1) is 0 Å². The van der Waals surface area contributed by atoms with Gasteiger partial charge in [-0.3, -0.25) is 0 Å². The second kappa shape index (κ2) is 3.62. The van der Waals surface area contributed by atoms with Gasteiger partial charge in [0.2, 0.25) is 0 Å². The summed E-state index contributed by atoms with van der Waals surface area (Å²) in [6.07, 6.45) is 3.46. The fourth-order valence-corrected chi connectivity index (χ4v) is 1.74. The molecule has 13 heavy (non-hydrogen) atoms. The third-order valence-electron chi connectivity index (χ3n) is 1.78. The fourth-order valence-electron chi connectivity index (χ4n) is 1.14. The lowest BCUT2D eigenvalue weighted by atomic mass is 10.2. The van der Waals surface area contributed by atoms with Gasteiger partial charge in [0, 0.05) is 11.8 Å². The second-order valence-corrected chi connectivity index (χ2v) is 3.65. The molecule has 68 valence electrons. The van der Waals surface area contributed by atoms with E-state index in [0.717, 1.165) is 24.3 Å². The van der Waals surface area contributed by atoms with Crippen molar-refractivity contribution in [3.05, 3.63) is 35.2 Å². The molecular weight excluding hydrogens is 184 g/mol. The topological polar surface area (TPSA) is 52.0 Å². The van der Waals surface area contributed by atoms with E-state index in [1.54, 1.807) is 6.26 Å². The molecular formula is C9H10N2OS. The maximum atomic E-state index is 5.51. The minimum atomic E-state index is 0.634. The van der Waals surface area contributed by atoms with Crippen LogP contribution in [0.4, 0.5) is 5.13 Å². The van der Waals surface area contributed by atoms with Crippen LogP contribution in [0.2, 0.25) is 0 Å². The molecule has 2 rings (SSSR count). The molecule has 0 bridgehead atoms. The van der Waals surface area contributed by atoms with Gasteiger partial charge in [0.15, 0.2) is 5.13 Å². The van der Waals surface area contributed by atoms with Crippen LogP contribution in [-0.4, -0.2) is 4.98 Å². The van der Waals surface area contributed by atoms with Crippen molar-refractivity contribution in [2.45, 2.75) is 12.8 Å². The van der Waals surface area contributed by atoms with Gasteiger partial charge in [-0.2, -0.15) is 0 Å². The van der Waals surface area contributed by atoms with Crippen molar-refractivity contribution in [2.24, 2.45) is 0 Å². The van der Waals surface area contributed by atoms with Gasteiger partial charge in [-0.1, -0.05) is 0 Å². The van der Waals surface area contributed by atoms with E-state index in [2.05, 4.69) is 4.98 Å². The van der Waals surface area contributed by atoms with Crippen molar-refractivity contribution >= 4 is 16.5 Å². The van der Waals surface area contributed by atoms with E-state index in [-0.39, 0.29) is 0 Å². The molecule has 0 aliphatic carbocycles. The van der Waals surface area contributed by atoms with Crippen LogP contribution in [0.5, 0.6) is 0 Å². The van der Waals surface area contributed by atoms with Crippen LogP contribution >= 0.6 is 11.3 Å². The van der Waals surface area contributed by atoms with Crippen molar-refractivity contribution in [1.29, 1.82) is 0 Å². The van der Waals surface area contributed by atoms with Crippen molar-refractivity contribution < 1.29 is 4.42 Å². The van der Waals surface area contributed by atoms with Gasteiger partial charge < -0.3 is 10.2 Å². The van der Waals surface area contributed by atoms with E-state index in [0.29, 0.717) is 5.13 Å². The number of hydrogen-bond donors (Lipinski definition) is 1. The number of nitrogen functional groups attached to an aromatic ring is 1. The summed E-state index contributed by atoms with van der Waals surface area (Å²) in [5.41, 5.74) is 6.55. The van der Waals surface area contributed by atoms with Crippen LogP contribution in [-0.2, 0) is 12.8 Å². The molecule has 0 atom stereocenters. The lowest BCUT2D eigenvalue weighted by Crippen LogP contribution is -1.90. The first-order valence-corrected chi connectivity index (χ1v) is 4.95. The minimum Gasteiger partial charge on any atom is -0.469 e. The number of nitrogens with two attached hydrogens (primary N) is 1. The molecule has 0 spiro atoms. The SMILES string of the molecule is Nc1nc(CCc2ccco2)cs1. The molecule has 4 heteroatoms. The van der Waals surface area contributed by atoms with Gasteiger partial charge in [0.05, 0.1) is 12.0 Å². The number of furan rings is 1. The summed E-state index contributed by atoms with van der Waals surface area (Å²) < 4.78 is 5.21. The Morgan fingerprint density at radius 1 is 1.46 bits per heavy atom. The zero-order valence-corrected chi connectivity index (χ0v) is 7.88. The molecule has 3 nitrogen and oxygen atoms in total. The summed E-state index contributed by atoms with van der Waals surface area (Å²) >= 11 is 1.48. The van der Waals surface area contributed by atoms with Crippen LogP contribution in [0.1, 0.15) is 11.5 Å². The highest BCUT2D eigenvalue weighted by Crippen LogP contribution is 2.13. The van der Waals surface area contributed by atoms with Gasteiger partial charge in [0.1, 0.15) is 5.76 Å². The Balaban J connectivity index is 1.93. The van der Waals surface area contributed by atoms with Gasteiger partial charge >= 0.3 is 0 Å². The average Bonchev–Trinajstić information content (AvgIpc) is 2.71. The normalized spacial score (nSPS) is 10.5. The molecule has 0 aromatic carbocycles. The molecule has 2 N–H and O–H groups in total. The summed E-state index contributed by atoms with van der Waals surface area (Å²) in [5.74, 6) is 0.992. The number of anilines is 1. The van der Waals surface area contributed by atoms with Gasteiger partial charge in [-0.05, 0) is 18.6 Å². The summed E-state index contributed by atoms with van der Waals surface area (Å²) in [7, 11) is 0. The molecule has 2 heterocycles. The van der Waals surface area contributed by atoms with Crippen molar-refractivity contribution in [2.75, 3.05) is 5.73 Å². The van der Waals surface area contributed by atoms with Gasteiger partial charge in [-0.25, -0.2) is 4.98 Å². The van der Waals surface area contributed by atoms with E-state index >= 15 is 0 Å². The molecule has 0 aliphatic heterocycles. The van der Waals surface area contributed by atoms with Gasteiger partial charge in [-0.15, -0.1) is 11.3 Å². The average molecular weight is 194 g/mol. The summed E-state index contributed by atoms with van der Waals surface area (Å²) in [5, 5.41) is 2.62. The van der Waals surface area contributed by atoms with Crippen LogP contribution < -0.4 is 5.73 Å². The predicted octanol–water partition coefficient (Wildman–Crippen LogP) is 2.10. The zero-order chi connectivity index (χ0) is 9.10. The summed E-state index contributed by atoms with van der Waals surface area (Å²) in [6.45, 7) is 0. The number of nitrogens with zero attached hydrogens (tertiary/aromatic N) is 1. The molecule has 0 fully saturated rings. The molecule has 0 saturated carbocycles. The van der Waals surface area contributed by atoms with Crippen LogP contribution in [0.15, 0.2) is 28.2 Å². The Labute approximate surface area is 80.2 Å². The Bertz CT molecular complexity index is 367. The smallest absolute Gasteiger partial charge is 0.180 e. The fraction of sp³-hybridized carbons (Fsp3) is 0.222. The maximum absolute atomic E-state index is 5.51. The van der Waals surface area contributed by atoms with Gasteiger partial charge in [0.25, 0.3) is 0 Å². The number of thiazole rings is 1. The third kappa shape index (κ3) is 2.09. The molecule has 0 unspecified atom stereocenters. The van der Waals surface area contributed by atoms with E-state index in [4.69, 9.17) is 10.2 Å². The highest BCUT2D eigenvalue weighted by Gasteiger charge is 2.00. The second-order valence-electron chi connectivity index (χ2n) is 2.76. The van der Waals surface area contributed by atoms with Crippen molar-refractivity contribution in [3.63, 3.8) is 0 Å². The number of aryl methyl sites for hydroxylation is 2. The molecule has 2 aromatic rings. The van der Waals surface area contributed by atoms with Crippen molar-refractivity contribution in [1.82, 2.24) is 4.98 Å². The highest BCUT2D eigenvalue weighted by atomic mass is 32.1. The minimum absolute atomic E-state index is 0.634. The van der Waals surface area contributed by atoms with Crippen LogP contribution in [0.3, 0.4) is 0 Å². The first-order valence-electron chi connectivity index (χ1n) is 4.07. The Kier molecular flexibility index (Phi) is 2.31. The Morgan fingerprint density at radius 2 is 2.38 bits per heavy atom. The first kappa shape index (κ1) is 8.31. The number of hydrogen-bond acceptors (Lipinski definition) is 4. The summed E-state index contributed by atoms with van der Waals surface area (Å²) in [6, 6.07) is 3.86. The molecule has 0 amide bonds. The Hall–Kier alpha value is -1.29. The lowest BCUT2D eigenvalue weighted by molar-refractivity contribution is 0.508. The monoisotopic (exact) mass is 194 g/mol. The zero-order valence-electron chi connectivity index (χ0n) is 7.06. The quantitative estimate of drug-likeness (QED) is 0.814. The first-order chi connectivity index (χ1) is 6.34. The van der Waals surface area contributed by atoms with Crippen LogP contribution in [0.25, 0.3) is 0 Å². The molecule has 2 aromatic heterocycles. The number of rotatable bonds is 3. The largest absolute Gasteiger partial charge is 0.469 e.